The average molecular weight is 559 g/mol. The first-order valence-corrected chi connectivity index (χ1v) is 13.3. The summed E-state index contributed by atoms with van der Waals surface area (Å²) in [5.41, 5.74) is 3.12. The van der Waals surface area contributed by atoms with Crippen LogP contribution in [0.3, 0.4) is 0 Å². The number of nitrogens with zero attached hydrogens (tertiary/aromatic N) is 2. The molecule has 2 amide bonds. The number of rotatable bonds is 4. The lowest BCUT2D eigenvalue weighted by molar-refractivity contribution is 0.0746. The van der Waals surface area contributed by atoms with Crippen LogP contribution in [0.1, 0.15) is 25.6 Å². The topological polar surface area (TPSA) is 52.7 Å². The number of amides is 2. The molecule has 0 aliphatic carbocycles. The van der Waals surface area contributed by atoms with Gasteiger partial charge < -0.3 is 15.1 Å². The number of para-hydroxylation sites is 1. The van der Waals surface area contributed by atoms with Crippen LogP contribution in [-0.2, 0) is 0 Å². The minimum Gasteiger partial charge on any atom is -0.365 e. The zero-order valence-corrected chi connectivity index (χ0v) is 22.4. The largest absolute Gasteiger partial charge is 0.365 e. The number of nitrogens with one attached hydrogen (secondary N) is 1. The zero-order chi connectivity index (χ0) is 25.4. The van der Waals surface area contributed by atoms with Crippen LogP contribution in [0.5, 0.6) is 0 Å². The van der Waals surface area contributed by atoms with E-state index in [0.717, 1.165) is 21.3 Å². The molecule has 1 saturated heterocycles. The van der Waals surface area contributed by atoms with Crippen molar-refractivity contribution in [2.45, 2.75) is 6.92 Å². The van der Waals surface area contributed by atoms with Crippen molar-refractivity contribution < 1.29 is 9.59 Å². The normalized spacial score (nSPS) is 13.8. The summed E-state index contributed by atoms with van der Waals surface area (Å²) >= 11 is 20.5. The summed E-state index contributed by atoms with van der Waals surface area (Å²) in [6.45, 7) is 4.28. The third-order valence-corrected chi connectivity index (χ3v) is 8.41. The van der Waals surface area contributed by atoms with E-state index in [4.69, 9.17) is 34.8 Å². The highest BCUT2D eigenvalue weighted by Gasteiger charge is 2.26. The fraction of sp³-hybridized carbons (Fsp3) is 0.185. The Kier molecular flexibility index (Phi) is 7.13. The van der Waals surface area contributed by atoms with E-state index in [9.17, 15) is 9.59 Å². The van der Waals surface area contributed by atoms with E-state index in [1.165, 1.54) is 11.3 Å². The quantitative estimate of drug-likeness (QED) is 0.284. The summed E-state index contributed by atoms with van der Waals surface area (Å²) in [6, 6.07) is 18.4. The Morgan fingerprint density at radius 1 is 0.917 bits per heavy atom. The molecule has 5 rings (SSSR count). The molecule has 1 fully saturated rings. The Hall–Kier alpha value is -2.77. The number of benzene rings is 3. The molecule has 4 aromatic rings. The molecule has 0 radical (unpaired) electrons. The highest BCUT2D eigenvalue weighted by atomic mass is 35.5. The van der Waals surface area contributed by atoms with E-state index in [-0.39, 0.29) is 11.8 Å². The molecule has 36 heavy (non-hydrogen) atoms. The molecule has 1 aliphatic rings. The molecule has 1 aliphatic heterocycles. The molecule has 5 nitrogen and oxygen atoms in total. The van der Waals surface area contributed by atoms with Crippen LogP contribution < -0.4 is 10.2 Å². The number of halogens is 3. The van der Waals surface area contributed by atoms with Crippen molar-refractivity contribution in [1.82, 2.24) is 4.90 Å². The van der Waals surface area contributed by atoms with Crippen LogP contribution in [-0.4, -0.2) is 42.9 Å². The number of hydrogen-bond acceptors (Lipinski definition) is 4. The summed E-state index contributed by atoms with van der Waals surface area (Å²) in [5, 5.41) is 5.30. The maximum Gasteiger partial charge on any atom is 0.267 e. The lowest BCUT2D eigenvalue weighted by Crippen LogP contribution is -2.49. The molecule has 0 saturated carbocycles. The molecule has 2 heterocycles. The summed E-state index contributed by atoms with van der Waals surface area (Å²) in [4.78, 5) is 30.5. The highest BCUT2D eigenvalue weighted by Crippen LogP contribution is 2.39. The van der Waals surface area contributed by atoms with Crippen LogP contribution in [0.25, 0.3) is 10.1 Å². The standard InChI is InChI=1S/C27H22Cl3N3O2S/c1-16-5-7-17(8-6-16)27(35)33-13-11-32(12-14-33)24-20(29)3-2-4-21(24)31-26(34)25-23(30)19-10-9-18(28)15-22(19)36-25/h2-10,15H,11-14H2,1H3,(H,31,34). The number of hydrogen-bond donors (Lipinski definition) is 1. The van der Waals surface area contributed by atoms with Gasteiger partial charge >= 0.3 is 0 Å². The second-order valence-corrected chi connectivity index (χ2v) is 10.9. The van der Waals surface area contributed by atoms with Gasteiger partial charge in [-0.15, -0.1) is 11.3 Å². The molecule has 0 atom stereocenters. The van der Waals surface area contributed by atoms with Crippen LogP contribution in [0.4, 0.5) is 11.4 Å². The second-order valence-electron chi connectivity index (χ2n) is 8.62. The summed E-state index contributed by atoms with van der Waals surface area (Å²) in [5.74, 6) is -0.295. The lowest BCUT2D eigenvalue weighted by Gasteiger charge is -2.37. The van der Waals surface area contributed by atoms with Gasteiger partial charge in [-0.2, -0.15) is 0 Å². The van der Waals surface area contributed by atoms with Gasteiger partial charge in [-0.3, -0.25) is 9.59 Å². The van der Waals surface area contributed by atoms with Gasteiger partial charge in [0.15, 0.2) is 0 Å². The van der Waals surface area contributed by atoms with Gasteiger partial charge in [0.25, 0.3) is 11.8 Å². The maximum absolute atomic E-state index is 13.2. The lowest BCUT2D eigenvalue weighted by atomic mass is 10.1. The first-order chi connectivity index (χ1) is 17.3. The fourth-order valence-corrected chi connectivity index (χ4v) is 6.30. The highest BCUT2D eigenvalue weighted by molar-refractivity contribution is 7.21. The number of anilines is 2. The number of aryl methyl sites for hydroxylation is 1. The van der Waals surface area contributed by atoms with Gasteiger partial charge in [-0.05, 0) is 43.3 Å². The van der Waals surface area contributed by atoms with Crippen molar-refractivity contribution in [3.05, 3.63) is 91.7 Å². The SMILES string of the molecule is Cc1ccc(C(=O)N2CCN(c3c(Cl)cccc3NC(=O)c3sc4cc(Cl)ccc4c3Cl)CC2)cc1. The fourth-order valence-electron chi connectivity index (χ4n) is 4.31. The predicted octanol–water partition coefficient (Wildman–Crippen LogP) is 7.38. The molecule has 1 N–H and O–H groups in total. The molecule has 0 spiro atoms. The molecule has 0 unspecified atom stereocenters. The average Bonchev–Trinajstić information content (AvgIpc) is 3.20. The smallest absolute Gasteiger partial charge is 0.267 e. The molecular weight excluding hydrogens is 537 g/mol. The Morgan fingerprint density at radius 2 is 1.64 bits per heavy atom. The van der Waals surface area contributed by atoms with Crippen molar-refractivity contribution >= 4 is 79.4 Å². The maximum atomic E-state index is 13.2. The molecule has 3 aromatic carbocycles. The van der Waals surface area contributed by atoms with Gasteiger partial charge in [0.2, 0.25) is 0 Å². The van der Waals surface area contributed by atoms with E-state index < -0.39 is 0 Å². The van der Waals surface area contributed by atoms with Crippen molar-refractivity contribution in [3.8, 4) is 0 Å². The zero-order valence-electron chi connectivity index (χ0n) is 19.4. The van der Waals surface area contributed by atoms with Gasteiger partial charge in [-0.1, -0.05) is 64.6 Å². The Morgan fingerprint density at radius 3 is 2.36 bits per heavy atom. The third kappa shape index (κ3) is 4.91. The molecular formula is C27H22Cl3N3O2S. The van der Waals surface area contributed by atoms with E-state index in [1.807, 2.05) is 48.2 Å². The third-order valence-electron chi connectivity index (χ3n) is 6.21. The first kappa shape index (κ1) is 24.9. The van der Waals surface area contributed by atoms with E-state index in [0.29, 0.717) is 57.4 Å². The van der Waals surface area contributed by atoms with Crippen molar-refractivity contribution in [1.29, 1.82) is 0 Å². The second kappa shape index (κ2) is 10.3. The number of fused-ring (bicyclic) bond motifs is 1. The van der Waals surface area contributed by atoms with Gasteiger partial charge in [-0.25, -0.2) is 0 Å². The predicted molar refractivity (Wildman–Crippen MR) is 151 cm³/mol. The minimum atomic E-state index is -0.311. The number of piperazine rings is 1. The van der Waals surface area contributed by atoms with E-state index in [1.54, 1.807) is 24.3 Å². The molecule has 9 heteroatoms. The van der Waals surface area contributed by atoms with Crippen molar-refractivity contribution in [2.24, 2.45) is 0 Å². The Balaban J connectivity index is 1.34. The molecule has 184 valence electrons. The van der Waals surface area contributed by atoms with Crippen molar-refractivity contribution in [2.75, 3.05) is 36.4 Å². The first-order valence-electron chi connectivity index (χ1n) is 11.4. The molecule has 1 aromatic heterocycles. The summed E-state index contributed by atoms with van der Waals surface area (Å²) < 4.78 is 0.846. The minimum absolute atomic E-state index is 0.0156. The van der Waals surface area contributed by atoms with Crippen LogP contribution >= 0.6 is 46.1 Å². The summed E-state index contributed by atoms with van der Waals surface area (Å²) in [7, 11) is 0. The van der Waals surface area contributed by atoms with Crippen LogP contribution in [0.2, 0.25) is 15.1 Å². The summed E-state index contributed by atoms with van der Waals surface area (Å²) in [6.07, 6.45) is 0. The van der Waals surface area contributed by atoms with Gasteiger partial charge in [0.05, 0.1) is 21.4 Å². The van der Waals surface area contributed by atoms with E-state index in [2.05, 4.69) is 10.2 Å². The Bertz CT molecular complexity index is 1460. The van der Waals surface area contributed by atoms with Crippen molar-refractivity contribution in [3.63, 3.8) is 0 Å². The van der Waals surface area contributed by atoms with Gasteiger partial charge in [0.1, 0.15) is 4.88 Å². The number of carbonyl (C=O) groups is 2. The van der Waals surface area contributed by atoms with Crippen LogP contribution in [0, 0.1) is 6.92 Å². The Labute approximate surface area is 228 Å². The van der Waals surface area contributed by atoms with Crippen LogP contribution in [0.15, 0.2) is 60.7 Å². The monoisotopic (exact) mass is 557 g/mol. The van der Waals surface area contributed by atoms with E-state index >= 15 is 0 Å². The van der Waals surface area contributed by atoms with Gasteiger partial charge in [0, 0.05) is 46.9 Å². The number of carbonyl (C=O) groups excluding carboxylic acids is 2. The molecule has 0 bridgehead atoms. The number of thiophene rings is 1.